The smallest absolute Gasteiger partial charge is 0.198 e. The van der Waals surface area contributed by atoms with Crippen LogP contribution in [0.15, 0.2) is 0 Å². The molecule has 28 heavy (non-hydrogen) atoms. The lowest BCUT2D eigenvalue weighted by Gasteiger charge is -2.63. The minimum Gasteiger partial charge on any atom is -0.393 e. The number of aliphatic hydroxyl groups is 3. The number of aliphatic hydroxyl groups excluding tert-OH is 3. The van der Waals surface area contributed by atoms with Crippen molar-refractivity contribution in [2.24, 2.45) is 46.3 Å². The molecular weight excluding hydrogens is 352 g/mol. The summed E-state index contributed by atoms with van der Waals surface area (Å²) >= 11 is 0. The molecule has 159 valence electrons. The van der Waals surface area contributed by atoms with E-state index in [1.165, 1.54) is 0 Å². The number of rotatable bonds is 4. The van der Waals surface area contributed by atoms with E-state index >= 15 is 0 Å². The summed E-state index contributed by atoms with van der Waals surface area (Å²) in [7, 11) is 0. The summed E-state index contributed by atoms with van der Waals surface area (Å²) in [5.74, 6) is 2.14. The summed E-state index contributed by atoms with van der Waals surface area (Å²) in [6.45, 7) is 6.87. The van der Waals surface area contributed by atoms with Gasteiger partial charge in [0, 0.05) is 6.42 Å². The van der Waals surface area contributed by atoms with E-state index in [1.54, 1.807) is 0 Å². The fourth-order valence-corrected chi connectivity index (χ4v) is 8.62. The molecule has 0 aliphatic heterocycles. The van der Waals surface area contributed by atoms with Gasteiger partial charge in [-0.25, -0.2) is 0 Å². The average Bonchev–Trinajstić information content (AvgIpc) is 3.01. The van der Waals surface area contributed by atoms with E-state index in [1.807, 2.05) is 6.29 Å². The third-order valence-corrected chi connectivity index (χ3v) is 10.2. The Morgan fingerprint density at radius 3 is 2.50 bits per heavy atom. The maximum absolute atomic E-state index is 11.5. The van der Waals surface area contributed by atoms with Crippen molar-refractivity contribution in [3.8, 4) is 0 Å². The molecule has 0 aromatic rings. The van der Waals surface area contributed by atoms with Crippen LogP contribution < -0.4 is 0 Å². The standard InChI is InChI=1S/C24H39O4/c1-14(5-4-10-25)17-6-7-18-22-19(13-21(28)24(17,18)3)23(2)9-8-16(26)11-15(23)12-20(22)27/h14-22,26-28H,4-9,11-13H2,1-3H3/t14-,15+,16-,17-,18?,19?,20-,21+,22?,23+,24-/m1/s1. The van der Waals surface area contributed by atoms with Gasteiger partial charge in [-0.3, -0.25) is 4.79 Å². The first-order valence-corrected chi connectivity index (χ1v) is 11.6. The summed E-state index contributed by atoms with van der Waals surface area (Å²) in [4.78, 5) is 10.7. The van der Waals surface area contributed by atoms with Gasteiger partial charge in [0.2, 0.25) is 0 Å². The van der Waals surface area contributed by atoms with Crippen molar-refractivity contribution in [2.45, 2.75) is 96.9 Å². The topological polar surface area (TPSA) is 77.8 Å². The Morgan fingerprint density at radius 2 is 1.79 bits per heavy atom. The Hall–Kier alpha value is -0.450. The molecule has 0 amide bonds. The zero-order chi connectivity index (χ0) is 20.3. The van der Waals surface area contributed by atoms with Crippen LogP contribution in [0.4, 0.5) is 0 Å². The average molecular weight is 392 g/mol. The lowest BCUT2D eigenvalue weighted by atomic mass is 9.43. The summed E-state index contributed by atoms with van der Waals surface area (Å²) < 4.78 is 0. The summed E-state index contributed by atoms with van der Waals surface area (Å²) in [6.07, 6.45) is 8.89. The first-order chi connectivity index (χ1) is 13.2. The number of fused-ring (bicyclic) bond motifs is 5. The Balaban J connectivity index is 1.63. The van der Waals surface area contributed by atoms with Crippen molar-refractivity contribution in [3.63, 3.8) is 0 Å². The molecule has 4 aliphatic carbocycles. The predicted octanol–water partition coefficient (Wildman–Crippen LogP) is 3.47. The second kappa shape index (κ2) is 7.35. The van der Waals surface area contributed by atoms with Gasteiger partial charge in [0.1, 0.15) is 0 Å². The zero-order valence-electron chi connectivity index (χ0n) is 17.8. The first kappa shape index (κ1) is 20.8. The van der Waals surface area contributed by atoms with Crippen LogP contribution in [0.25, 0.3) is 0 Å². The van der Waals surface area contributed by atoms with Gasteiger partial charge in [0.25, 0.3) is 0 Å². The van der Waals surface area contributed by atoms with E-state index < -0.39 is 0 Å². The number of hydrogen-bond acceptors (Lipinski definition) is 4. The van der Waals surface area contributed by atoms with Crippen LogP contribution in [0.5, 0.6) is 0 Å². The van der Waals surface area contributed by atoms with Crippen molar-refractivity contribution < 1.29 is 20.1 Å². The predicted molar refractivity (Wildman–Crippen MR) is 108 cm³/mol. The highest BCUT2D eigenvalue weighted by molar-refractivity contribution is 5.50. The van der Waals surface area contributed by atoms with Gasteiger partial charge in [0.05, 0.1) is 18.3 Å². The molecule has 0 spiro atoms. The van der Waals surface area contributed by atoms with Crippen LogP contribution in [0.2, 0.25) is 0 Å². The molecule has 4 aliphatic rings. The first-order valence-electron chi connectivity index (χ1n) is 11.6. The third kappa shape index (κ3) is 2.93. The van der Waals surface area contributed by atoms with E-state index in [9.17, 15) is 20.1 Å². The monoisotopic (exact) mass is 391 g/mol. The maximum Gasteiger partial charge on any atom is 0.198 e. The van der Waals surface area contributed by atoms with E-state index in [4.69, 9.17) is 0 Å². The molecule has 1 radical (unpaired) electrons. The number of hydrogen-bond donors (Lipinski definition) is 3. The summed E-state index contributed by atoms with van der Waals surface area (Å²) in [5, 5.41) is 32.9. The van der Waals surface area contributed by atoms with Crippen molar-refractivity contribution in [1.82, 2.24) is 0 Å². The second-order valence-corrected chi connectivity index (χ2v) is 11.2. The molecule has 3 unspecified atom stereocenters. The molecular formula is C24H39O4. The van der Waals surface area contributed by atoms with Gasteiger partial charge in [0.15, 0.2) is 6.29 Å². The normalized spacial score (nSPS) is 54.4. The van der Waals surface area contributed by atoms with Crippen LogP contribution >= 0.6 is 0 Å². The molecule has 4 saturated carbocycles. The van der Waals surface area contributed by atoms with Crippen LogP contribution in [0.1, 0.15) is 78.6 Å². The van der Waals surface area contributed by atoms with Gasteiger partial charge < -0.3 is 15.3 Å². The molecule has 4 rings (SSSR count). The van der Waals surface area contributed by atoms with Crippen molar-refractivity contribution in [2.75, 3.05) is 0 Å². The molecule has 0 aromatic heterocycles. The van der Waals surface area contributed by atoms with Crippen LogP contribution in [0, 0.1) is 46.3 Å². The Bertz CT molecular complexity index is 593. The molecule has 0 bridgehead atoms. The fourth-order valence-electron chi connectivity index (χ4n) is 8.62. The van der Waals surface area contributed by atoms with Crippen molar-refractivity contribution in [3.05, 3.63) is 0 Å². The minimum absolute atomic E-state index is 0.127. The van der Waals surface area contributed by atoms with Gasteiger partial charge in [-0.05, 0) is 97.7 Å². The quantitative estimate of drug-likeness (QED) is 0.686. The van der Waals surface area contributed by atoms with E-state index in [0.29, 0.717) is 36.0 Å². The Labute approximate surface area is 170 Å². The number of carbonyl (C=O) groups excluding carboxylic acids is 1. The van der Waals surface area contributed by atoms with Gasteiger partial charge in [-0.15, -0.1) is 0 Å². The van der Waals surface area contributed by atoms with E-state index in [-0.39, 0.29) is 35.1 Å². The van der Waals surface area contributed by atoms with Crippen LogP contribution in [-0.4, -0.2) is 39.9 Å². The molecule has 11 atom stereocenters. The van der Waals surface area contributed by atoms with Crippen LogP contribution in [-0.2, 0) is 4.79 Å². The Kier molecular flexibility index (Phi) is 5.46. The molecule has 4 fully saturated rings. The highest BCUT2D eigenvalue weighted by Crippen LogP contribution is 2.68. The van der Waals surface area contributed by atoms with Gasteiger partial charge in [-0.1, -0.05) is 20.8 Å². The van der Waals surface area contributed by atoms with Gasteiger partial charge in [-0.2, -0.15) is 0 Å². The summed E-state index contributed by atoms with van der Waals surface area (Å²) in [6, 6.07) is 0. The van der Waals surface area contributed by atoms with Gasteiger partial charge >= 0.3 is 0 Å². The highest BCUT2D eigenvalue weighted by Gasteiger charge is 2.65. The maximum atomic E-state index is 11.5. The molecule has 4 nitrogen and oxygen atoms in total. The molecule has 3 N–H and O–H groups in total. The third-order valence-electron chi connectivity index (χ3n) is 10.2. The van der Waals surface area contributed by atoms with Crippen LogP contribution in [0.3, 0.4) is 0 Å². The SMILES string of the molecule is C[C@H](CC[C]=O)[C@H]1CCC2C3C(C[C@H](O)[C@@]21C)[C@@]1(C)CC[C@@H](O)C[C@H]1C[C@H]3O. The second-order valence-electron chi connectivity index (χ2n) is 11.2. The minimum atomic E-state index is -0.344. The molecule has 0 saturated heterocycles. The zero-order valence-corrected chi connectivity index (χ0v) is 17.8. The molecule has 0 heterocycles. The van der Waals surface area contributed by atoms with E-state index in [2.05, 4.69) is 20.8 Å². The van der Waals surface area contributed by atoms with Crippen molar-refractivity contribution in [1.29, 1.82) is 0 Å². The lowest BCUT2D eigenvalue weighted by Crippen LogP contribution is -2.62. The highest BCUT2D eigenvalue weighted by atomic mass is 16.3. The van der Waals surface area contributed by atoms with E-state index in [0.717, 1.165) is 51.4 Å². The largest absolute Gasteiger partial charge is 0.393 e. The Morgan fingerprint density at radius 1 is 1.04 bits per heavy atom. The lowest BCUT2D eigenvalue weighted by molar-refractivity contribution is -0.207. The molecule has 0 aromatic carbocycles. The fraction of sp³-hybridized carbons (Fsp3) is 0.958. The summed E-state index contributed by atoms with van der Waals surface area (Å²) in [5.41, 5.74) is -0.0383. The van der Waals surface area contributed by atoms with Crippen molar-refractivity contribution >= 4 is 6.29 Å². The molecule has 4 heteroatoms.